The van der Waals surface area contributed by atoms with Crippen LogP contribution in [-0.2, 0) is 11.3 Å². The van der Waals surface area contributed by atoms with Gasteiger partial charge in [-0.2, -0.15) is 0 Å². The molecule has 3 rings (SSSR count). The van der Waals surface area contributed by atoms with Crippen LogP contribution in [0, 0.1) is 0 Å². The molecular weight excluding hydrogens is 392 g/mol. The summed E-state index contributed by atoms with van der Waals surface area (Å²) < 4.78 is 10.9. The summed E-state index contributed by atoms with van der Waals surface area (Å²) in [6.45, 7) is 0.188. The molecule has 1 aromatic carbocycles. The molecule has 128 valence electrons. The van der Waals surface area contributed by atoms with E-state index in [1.54, 1.807) is 18.2 Å². The van der Waals surface area contributed by atoms with Crippen LogP contribution in [0.4, 0.5) is 0 Å². The average molecular weight is 405 g/mol. The number of hydrogen-bond acceptors (Lipinski definition) is 6. The zero-order chi connectivity index (χ0) is 18.0. The quantitative estimate of drug-likeness (QED) is 0.595. The van der Waals surface area contributed by atoms with Gasteiger partial charge in [-0.1, -0.05) is 15.9 Å². The Morgan fingerprint density at radius 2 is 2.00 bits per heavy atom. The van der Waals surface area contributed by atoms with Crippen LogP contribution in [0.2, 0.25) is 0 Å². The van der Waals surface area contributed by atoms with E-state index in [9.17, 15) is 14.4 Å². The number of hydrogen-bond donors (Lipinski definition) is 2. The summed E-state index contributed by atoms with van der Waals surface area (Å²) in [4.78, 5) is 35.7. The van der Waals surface area contributed by atoms with Crippen molar-refractivity contribution in [3.05, 3.63) is 68.3 Å². The highest BCUT2D eigenvalue weighted by molar-refractivity contribution is 9.10. The summed E-state index contributed by atoms with van der Waals surface area (Å²) >= 11 is 3.33. The fourth-order valence-electron chi connectivity index (χ4n) is 2.37. The number of amides is 2. The van der Waals surface area contributed by atoms with Gasteiger partial charge in [-0.15, -0.1) is 0 Å². The largest absolute Gasteiger partial charge is 0.490 e. The van der Waals surface area contributed by atoms with Crippen LogP contribution < -0.4 is 20.8 Å². The molecule has 2 heterocycles. The molecule has 2 amide bonds. The first-order valence-corrected chi connectivity index (χ1v) is 8.04. The number of carbonyl (C=O) groups is 2. The first-order valence-electron chi connectivity index (χ1n) is 7.24. The number of fused-ring (bicyclic) bond motifs is 1. The molecule has 0 saturated heterocycles. The normalized spacial score (nSPS) is 14.9. The second kappa shape index (κ2) is 6.94. The number of ether oxygens (including phenoxy) is 1. The maximum absolute atomic E-state index is 12.1. The second-order valence-corrected chi connectivity index (χ2v) is 6.11. The van der Waals surface area contributed by atoms with Gasteiger partial charge in [-0.25, -0.2) is 0 Å². The van der Waals surface area contributed by atoms with Gasteiger partial charge in [0.15, 0.2) is 0 Å². The van der Waals surface area contributed by atoms with E-state index in [0.717, 1.165) is 4.47 Å². The number of benzene rings is 1. The highest BCUT2D eigenvalue weighted by Gasteiger charge is 2.27. The Bertz CT molecular complexity index is 948. The van der Waals surface area contributed by atoms with Gasteiger partial charge in [0.1, 0.15) is 12.0 Å². The maximum Gasteiger partial charge on any atom is 0.260 e. The molecule has 8 heteroatoms. The number of methoxy groups -OCH3 is 1. The van der Waals surface area contributed by atoms with Crippen molar-refractivity contribution >= 4 is 33.3 Å². The zero-order valence-electron chi connectivity index (χ0n) is 13.1. The van der Waals surface area contributed by atoms with Crippen molar-refractivity contribution in [1.29, 1.82) is 0 Å². The third-order valence-electron chi connectivity index (χ3n) is 3.58. The number of carbonyl (C=O) groups excluding carboxylic acids is 2. The maximum atomic E-state index is 12.1. The number of rotatable bonds is 4. The zero-order valence-corrected chi connectivity index (χ0v) is 14.7. The average Bonchev–Trinajstić information content (AvgIpc) is 2.57. The molecule has 1 aromatic heterocycles. The van der Waals surface area contributed by atoms with Crippen molar-refractivity contribution in [2.24, 2.45) is 0 Å². The Morgan fingerprint density at radius 1 is 1.20 bits per heavy atom. The Kier molecular flexibility index (Phi) is 4.71. The lowest BCUT2D eigenvalue weighted by molar-refractivity contribution is -0.114. The molecule has 0 radical (unpaired) electrons. The fourth-order valence-corrected chi connectivity index (χ4v) is 2.74. The Labute approximate surface area is 150 Å². The lowest BCUT2D eigenvalue weighted by atomic mass is 9.96. The van der Waals surface area contributed by atoms with Gasteiger partial charge in [-0.3, -0.25) is 19.7 Å². The highest BCUT2D eigenvalue weighted by Crippen LogP contribution is 2.26. The summed E-state index contributed by atoms with van der Waals surface area (Å²) in [5, 5.41) is 5.21. The highest BCUT2D eigenvalue weighted by atomic mass is 79.9. The first-order chi connectivity index (χ1) is 12.0. The van der Waals surface area contributed by atoms with Gasteiger partial charge in [0, 0.05) is 27.9 Å². The van der Waals surface area contributed by atoms with Gasteiger partial charge < -0.3 is 14.5 Å². The summed E-state index contributed by atoms with van der Waals surface area (Å²) in [7, 11) is 1.38. The van der Waals surface area contributed by atoms with Crippen LogP contribution in [0.5, 0.6) is 5.75 Å². The van der Waals surface area contributed by atoms with E-state index in [2.05, 4.69) is 26.6 Å². The summed E-state index contributed by atoms with van der Waals surface area (Å²) in [5.41, 5.74) is 0.943. The molecule has 25 heavy (non-hydrogen) atoms. The van der Waals surface area contributed by atoms with Crippen LogP contribution in [0.1, 0.15) is 21.7 Å². The number of nitrogens with one attached hydrogen (secondary N) is 2. The molecule has 1 aliphatic rings. The van der Waals surface area contributed by atoms with Crippen LogP contribution >= 0.6 is 15.9 Å². The molecule has 0 spiro atoms. The van der Waals surface area contributed by atoms with Crippen LogP contribution in [0.25, 0.3) is 5.57 Å². The minimum absolute atomic E-state index is 0.117. The molecule has 1 aliphatic heterocycles. The van der Waals surface area contributed by atoms with Crippen molar-refractivity contribution < 1.29 is 18.7 Å². The van der Waals surface area contributed by atoms with E-state index in [0.29, 0.717) is 22.5 Å². The lowest BCUT2D eigenvalue weighted by Gasteiger charge is -2.18. The van der Waals surface area contributed by atoms with Crippen LogP contribution in [0.15, 0.2) is 50.4 Å². The van der Waals surface area contributed by atoms with E-state index in [-0.39, 0.29) is 17.7 Å². The van der Waals surface area contributed by atoms with Gasteiger partial charge in [0.25, 0.3) is 11.8 Å². The van der Waals surface area contributed by atoms with E-state index in [1.807, 2.05) is 0 Å². The topological polar surface area (TPSA) is 97.6 Å². The van der Waals surface area contributed by atoms with E-state index < -0.39 is 11.8 Å². The summed E-state index contributed by atoms with van der Waals surface area (Å²) in [6.07, 6.45) is 2.71. The van der Waals surface area contributed by atoms with Crippen LogP contribution in [0.3, 0.4) is 0 Å². The third kappa shape index (κ3) is 3.48. The molecule has 0 fully saturated rings. The summed E-state index contributed by atoms with van der Waals surface area (Å²) in [5.74, 6) is -0.444. The van der Waals surface area contributed by atoms with Crippen molar-refractivity contribution in [2.75, 3.05) is 7.11 Å². The number of halogens is 1. The fraction of sp³-hybridized carbons (Fsp3) is 0.118. The van der Waals surface area contributed by atoms with Crippen molar-refractivity contribution in [2.45, 2.75) is 6.54 Å². The molecule has 0 bridgehead atoms. The molecule has 7 nitrogen and oxygen atoms in total. The van der Waals surface area contributed by atoms with Crippen molar-refractivity contribution in [3.63, 3.8) is 0 Å². The summed E-state index contributed by atoms with van der Waals surface area (Å²) in [6, 6.07) is 6.37. The van der Waals surface area contributed by atoms with Gasteiger partial charge in [0.05, 0.1) is 19.2 Å². The van der Waals surface area contributed by atoms with Gasteiger partial charge >= 0.3 is 0 Å². The molecule has 0 unspecified atom stereocenters. The van der Waals surface area contributed by atoms with Gasteiger partial charge in [-0.05, 0) is 18.2 Å². The smallest absolute Gasteiger partial charge is 0.260 e. The van der Waals surface area contributed by atoms with Gasteiger partial charge in [0.2, 0.25) is 11.2 Å². The van der Waals surface area contributed by atoms with Crippen LogP contribution in [-0.4, -0.2) is 18.9 Å². The molecule has 2 aromatic rings. The van der Waals surface area contributed by atoms with E-state index in [1.165, 1.54) is 25.6 Å². The molecular formula is C17H13BrN2O5. The second-order valence-electron chi connectivity index (χ2n) is 5.19. The monoisotopic (exact) mass is 404 g/mol. The minimum Gasteiger partial charge on any atom is -0.490 e. The third-order valence-corrected chi connectivity index (χ3v) is 4.08. The molecule has 0 aliphatic carbocycles. The minimum atomic E-state index is -0.501. The van der Waals surface area contributed by atoms with Crippen molar-refractivity contribution in [3.8, 4) is 5.75 Å². The molecule has 0 saturated carbocycles. The lowest BCUT2D eigenvalue weighted by Crippen LogP contribution is -2.37. The predicted molar refractivity (Wildman–Crippen MR) is 93.0 cm³/mol. The number of imide groups is 1. The standard InChI is InChI=1S/C17H13BrN2O5/c1-24-15-8-25-10(5-14(15)21)6-19-7-13-12-4-9(18)2-3-11(12)16(22)20-17(13)23/h2-5,7-8,19H,6H2,1H3,(H,20,22,23). The predicted octanol–water partition coefficient (Wildman–Crippen LogP) is 1.81. The molecule has 2 N–H and O–H groups in total. The van der Waals surface area contributed by atoms with E-state index >= 15 is 0 Å². The SMILES string of the molecule is COc1coc(CNC=C2C(=O)NC(=O)c3ccc(Br)cc32)cc1=O. The Balaban J connectivity index is 1.84. The Morgan fingerprint density at radius 3 is 2.72 bits per heavy atom. The Hall–Kier alpha value is -2.87. The first kappa shape index (κ1) is 17.0. The van der Waals surface area contributed by atoms with Crippen molar-refractivity contribution in [1.82, 2.24) is 10.6 Å². The molecule has 0 atom stereocenters. The van der Waals surface area contributed by atoms with E-state index in [4.69, 9.17) is 9.15 Å².